The molecule has 2 heterocycles. The van der Waals surface area contributed by atoms with E-state index in [1.165, 1.54) is 0 Å². The van der Waals surface area contributed by atoms with E-state index >= 15 is 0 Å². The summed E-state index contributed by atoms with van der Waals surface area (Å²) in [7, 11) is 3.15. The van der Waals surface area contributed by atoms with Crippen LogP contribution in [-0.4, -0.2) is 20.1 Å². The summed E-state index contributed by atoms with van der Waals surface area (Å²) in [6.45, 7) is 10.6. The Kier molecular flexibility index (Phi) is 6.85. The van der Waals surface area contributed by atoms with Gasteiger partial charge in [-0.2, -0.15) is 0 Å². The van der Waals surface area contributed by atoms with Gasteiger partial charge in [-0.05, 0) is 55.0 Å². The fourth-order valence-electron chi connectivity index (χ4n) is 4.58. The van der Waals surface area contributed by atoms with Crippen molar-refractivity contribution in [2.75, 3.05) is 14.2 Å². The molecule has 36 heavy (non-hydrogen) atoms. The summed E-state index contributed by atoms with van der Waals surface area (Å²) in [5.41, 5.74) is 4.89. The highest BCUT2D eigenvalue weighted by Gasteiger charge is 2.23. The van der Waals surface area contributed by atoms with Crippen molar-refractivity contribution in [2.45, 2.75) is 59.4 Å². The average molecular weight is 492 g/mol. The number of hydrogen-bond acceptors (Lipinski definition) is 6. The Balaban J connectivity index is 1.56. The van der Waals surface area contributed by atoms with Gasteiger partial charge in [0.25, 0.3) is 0 Å². The van der Waals surface area contributed by atoms with E-state index < -0.39 is 5.63 Å². The number of carbonyl (C=O) groups excluding carboxylic acids is 1. The van der Waals surface area contributed by atoms with Crippen LogP contribution in [-0.2, 0) is 23.2 Å². The lowest BCUT2D eigenvalue weighted by Crippen LogP contribution is -2.24. The molecule has 7 heteroatoms. The van der Waals surface area contributed by atoms with Crippen LogP contribution in [0.5, 0.6) is 11.5 Å². The van der Waals surface area contributed by atoms with Gasteiger partial charge in [-0.25, -0.2) is 4.79 Å². The van der Waals surface area contributed by atoms with Gasteiger partial charge in [0.05, 0.1) is 20.5 Å². The van der Waals surface area contributed by atoms with Crippen LogP contribution in [0.3, 0.4) is 0 Å². The van der Waals surface area contributed by atoms with E-state index in [0.717, 1.165) is 38.6 Å². The average Bonchev–Trinajstić information content (AvgIpc) is 3.28. The van der Waals surface area contributed by atoms with Crippen LogP contribution in [0, 0.1) is 13.8 Å². The lowest BCUT2D eigenvalue weighted by atomic mass is 9.86. The van der Waals surface area contributed by atoms with Crippen molar-refractivity contribution in [3.63, 3.8) is 0 Å². The summed E-state index contributed by atoms with van der Waals surface area (Å²) in [5, 5.41) is 4.79. The third kappa shape index (κ3) is 4.70. The zero-order valence-corrected chi connectivity index (χ0v) is 22.0. The molecule has 0 atom stereocenters. The lowest BCUT2D eigenvalue weighted by Gasteiger charge is -2.17. The summed E-state index contributed by atoms with van der Waals surface area (Å²) in [5.74, 6) is 1.08. The molecule has 0 aliphatic heterocycles. The minimum atomic E-state index is -0.419. The minimum absolute atomic E-state index is 0.0935. The summed E-state index contributed by atoms with van der Waals surface area (Å²) in [4.78, 5) is 25.5. The van der Waals surface area contributed by atoms with Crippen LogP contribution >= 0.6 is 0 Å². The predicted molar refractivity (Wildman–Crippen MR) is 140 cm³/mol. The van der Waals surface area contributed by atoms with E-state index in [9.17, 15) is 9.59 Å². The molecule has 4 aromatic rings. The zero-order chi connectivity index (χ0) is 26.2. The molecule has 1 amide bonds. The van der Waals surface area contributed by atoms with Crippen LogP contribution in [0.15, 0.2) is 44.2 Å². The molecule has 0 unspecified atom stereocenters. The SMILES string of the molecule is COc1ccc(CNC(=O)CCc2c(C)c3cc4c(C(C)(C)C)coc4c(C)c3oc2=O)cc1OC. The molecular weight excluding hydrogens is 458 g/mol. The Hall–Kier alpha value is -3.74. The molecular formula is C29H33NO6. The fourth-order valence-corrected chi connectivity index (χ4v) is 4.58. The first kappa shape index (κ1) is 25.4. The Morgan fingerprint density at radius 3 is 2.36 bits per heavy atom. The van der Waals surface area contributed by atoms with E-state index in [4.69, 9.17) is 18.3 Å². The third-order valence-corrected chi connectivity index (χ3v) is 6.69. The minimum Gasteiger partial charge on any atom is -0.493 e. The number of benzene rings is 2. The molecule has 0 aliphatic rings. The lowest BCUT2D eigenvalue weighted by molar-refractivity contribution is -0.121. The molecule has 7 nitrogen and oxygen atoms in total. The molecule has 0 radical (unpaired) electrons. The first-order chi connectivity index (χ1) is 17.0. The second kappa shape index (κ2) is 9.72. The van der Waals surface area contributed by atoms with Crippen molar-refractivity contribution in [3.8, 4) is 11.5 Å². The number of carbonyl (C=O) groups is 1. The summed E-state index contributed by atoms with van der Waals surface area (Å²) in [6.07, 6.45) is 2.24. The second-order valence-corrected chi connectivity index (χ2v) is 10.1. The van der Waals surface area contributed by atoms with Gasteiger partial charge in [0.1, 0.15) is 11.2 Å². The number of ether oxygens (including phenoxy) is 2. The van der Waals surface area contributed by atoms with E-state index in [2.05, 4.69) is 26.1 Å². The number of amides is 1. The molecule has 2 aromatic heterocycles. The molecule has 0 bridgehead atoms. The van der Waals surface area contributed by atoms with Gasteiger partial charge >= 0.3 is 5.63 Å². The number of rotatable bonds is 7. The van der Waals surface area contributed by atoms with E-state index in [1.54, 1.807) is 26.5 Å². The number of furan rings is 1. The number of aryl methyl sites for hydroxylation is 2. The van der Waals surface area contributed by atoms with Gasteiger partial charge in [0.15, 0.2) is 11.5 Å². The van der Waals surface area contributed by atoms with Crippen molar-refractivity contribution in [1.82, 2.24) is 5.32 Å². The van der Waals surface area contributed by atoms with Crippen molar-refractivity contribution in [2.24, 2.45) is 0 Å². The largest absolute Gasteiger partial charge is 0.493 e. The smallest absolute Gasteiger partial charge is 0.339 e. The maximum absolute atomic E-state index is 12.9. The van der Waals surface area contributed by atoms with Crippen molar-refractivity contribution >= 4 is 27.8 Å². The zero-order valence-electron chi connectivity index (χ0n) is 22.0. The van der Waals surface area contributed by atoms with Gasteiger partial charge in [-0.15, -0.1) is 0 Å². The maximum atomic E-state index is 12.9. The normalized spacial score (nSPS) is 11.8. The van der Waals surface area contributed by atoms with Crippen LogP contribution in [0.1, 0.15) is 55.0 Å². The molecule has 1 N–H and O–H groups in total. The second-order valence-electron chi connectivity index (χ2n) is 10.1. The molecule has 0 spiro atoms. The van der Waals surface area contributed by atoms with Gasteiger partial charge in [-0.1, -0.05) is 26.8 Å². The quantitative estimate of drug-likeness (QED) is 0.333. The predicted octanol–water partition coefficient (Wildman–Crippen LogP) is 5.72. The van der Waals surface area contributed by atoms with Crippen molar-refractivity contribution in [1.29, 1.82) is 0 Å². The highest BCUT2D eigenvalue weighted by Crippen LogP contribution is 2.37. The number of methoxy groups -OCH3 is 2. The Morgan fingerprint density at radius 1 is 0.972 bits per heavy atom. The van der Waals surface area contributed by atoms with E-state index in [0.29, 0.717) is 29.2 Å². The van der Waals surface area contributed by atoms with E-state index in [-0.39, 0.29) is 24.2 Å². The molecule has 0 saturated heterocycles. The fraction of sp³-hybridized carbons (Fsp3) is 0.379. The van der Waals surface area contributed by atoms with Crippen LogP contribution in [0.4, 0.5) is 0 Å². The molecule has 0 aliphatic carbocycles. The highest BCUT2D eigenvalue weighted by molar-refractivity contribution is 6.00. The van der Waals surface area contributed by atoms with Crippen molar-refractivity contribution < 1.29 is 23.1 Å². The molecule has 4 rings (SSSR count). The van der Waals surface area contributed by atoms with Gasteiger partial charge in [0.2, 0.25) is 5.91 Å². The van der Waals surface area contributed by atoms with Crippen molar-refractivity contribution in [3.05, 3.63) is 68.8 Å². The maximum Gasteiger partial charge on any atom is 0.339 e. The Morgan fingerprint density at radius 2 is 1.69 bits per heavy atom. The Bertz CT molecular complexity index is 1500. The summed E-state index contributed by atoms with van der Waals surface area (Å²) >= 11 is 0. The summed E-state index contributed by atoms with van der Waals surface area (Å²) < 4.78 is 22.2. The Labute approximate surface area is 210 Å². The first-order valence-electron chi connectivity index (χ1n) is 12.0. The van der Waals surface area contributed by atoms with Gasteiger partial charge in [0, 0.05) is 40.4 Å². The number of hydrogen-bond donors (Lipinski definition) is 1. The van der Waals surface area contributed by atoms with Crippen LogP contribution in [0.2, 0.25) is 0 Å². The number of nitrogens with one attached hydrogen (secondary N) is 1. The van der Waals surface area contributed by atoms with Gasteiger partial charge in [-0.3, -0.25) is 4.79 Å². The molecule has 2 aromatic carbocycles. The monoisotopic (exact) mass is 491 g/mol. The standard InChI is InChI=1S/C29H33NO6/c1-16-19(9-11-25(31)30-14-18-8-10-23(33-6)24(12-18)34-7)28(32)36-27-17(2)26-21(13-20(16)27)22(15-35-26)29(3,4)5/h8,10,12-13,15H,9,11,14H2,1-7H3,(H,30,31). The third-order valence-electron chi connectivity index (χ3n) is 6.69. The highest BCUT2D eigenvalue weighted by atomic mass is 16.5. The molecule has 0 saturated carbocycles. The topological polar surface area (TPSA) is 90.9 Å². The van der Waals surface area contributed by atoms with Gasteiger partial charge < -0.3 is 23.6 Å². The van der Waals surface area contributed by atoms with E-state index in [1.807, 2.05) is 32.0 Å². The molecule has 0 fully saturated rings. The van der Waals surface area contributed by atoms with Crippen LogP contribution in [0.25, 0.3) is 21.9 Å². The number of fused-ring (bicyclic) bond motifs is 2. The summed E-state index contributed by atoms with van der Waals surface area (Å²) in [6, 6.07) is 7.54. The first-order valence-corrected chi connectivity index (χ1v) is 12.0. The molecule has 190 valence electrons. The van der Waals surface area contributed by atoms with Crippen LogP contribution < -0.4 is 20.4 Å².